The van der Waals surface area contributed by atoms with Crippen LogP contribution < -0.4 is 5.32 Å². The number of hydrogen-bond donors (Lipinski definition) is 1. The Labute approximate surface area is 124 Å². The first-order valence-electron chi connectivity index (χ1n) is 6.69. The molecule has 1 N–H and O–H groups in total. The summed E-state index contributed by atoms with van der Waals surface area (Å²) in [6, 6.07) is 4.02. The van der Waals surface area contributed by atoms with Crippen LogP contribution in [0.5, 0.6) is 0 Å². The molecule has 114 valence electrons. The molecule has 0 saturated heterocycles. The third-order valence-electron chi connectivity index (χ3n) is 2.67. The second-order valence-corrected chi connectivity index (χ2v) is 5.97. The van der Waals surface area contributed by atoms with Gasteiger partial charge in [0.05, 0.1) is 26.7 Å². The highest BCUT2D eigenvalue weighted by molar-refractivity contribution is 7.12. The van der Waals surface area contributed by atoms with E-state index in [1.165, 1.54) is 12.0 Å². The number of carbonyl (C=O) groups is 1. The highest BCUT2D eigenvalue weighted by atomic mass is 32.1. The van der Waals surface area contributed by atoms with Gasteiger partial charge in [-0.2, -0.15) is 0 Å². The number of likely N-dealkylation sites (N-methyl/N-ethyl adjacent to an activating group) is 1. The van der Waals surface area contributed by atoms with Gasteiger partial charge in [0.1, 0.15) is 0 Å². The normalized spacial score (nSPS) is 11.0. The Morgan fingerprint density at radius 3 is 2.75 bits per heavy atom. The summed E-state index contributed by atoms with van der Waals surface area (Å²) in [6.07, 6.45) is 0.356. The number of ether oxygens (including phenoxy) is 2. The average molecular weight is 300 g/mol. The molecule has 1 aromatic rings. The molecule has 0 fully saturated rings. The molecule has 0 aromatic carbocycles. The van der Waals surface area contributed by atoms with E-state index >= 15 is 0 Å². The van der Waals surface area contributed by atoms with Crippen LogP contribution >= 0.6 is 11.3 Å². The number of methoxy groups -OCH3 is 1. The second-order valence-electron chi connectivity index (χ2n) is 4.71. The molecule has 0 amide bonds. The van der Waals surface area contributed by atoms with E-state index in [1.807, 2.05) is 26.2 Å². The third kappa shape index (κ3) is 7.59. The zero-order valence-corrected chi connectivity index (χ0v) is 13.3. The fourth-order valence-corrected chi connectivity index (χ4v) is 2.51. The lowest BCUT2D eigenvalue weighted by molar-refractivity contribution is -0.139. The van der Waals surface area contributed by atoms with Crippen molar-refractivity contribution in [2.45, 2.75) is 13.0 Å². The number of hydrogen-bond acceptors (Lipinski definition) is 6. The van der Waals surface area contributed by atoms with Crippen LogP contribution in [0.15, 0.2) is 12.1 Å². The van der Waals surface area contributed by atoms with Gasteiger partial charge >= 0.3 is 5.97 Å². The number of nitrogens with zero attached hydrogens (tertiary/aromatic N) is 1. The Bertz CT molecular complexity index is 394. The molecule has 0 atom stereocenters. The molecule has 0 aliphatic heterocycles. The summed E-state index contributed by atoms with van der Waals surface area (Å²) in [5, 5.41) is 3.33. The van der Waals surface area contributed by atoms with Gasteiger partial charge in [-0.05, 0) is 26.2 Å². The number of nitrogens with one attached hydrogen (secondary N) is 1. The number of thiophene rings is 1. The number of rotatable bonds is 10. The third-order valence-corrected chi connectivity index (χ3v) is 3.75. The lowest BCUT2D eigenvalue weighted by atomic mass is 10.3. The van der Waals surface area contributed by atoms with E-state index in [0.29, 0.717) is 13.0 Å². The van der Waals surface area contributed by atoms with Gasteiger partial charge in [0.2, 0.25) is 0 Å². The van der Waals surface area contributed by atoms with Crippen LogP contribution in [-0.2, 0) is 27.2 Å². The standard InChI is InChI=1S/C14H24N2O3S/c1-16(2)7-9-19-8-6-15-11-13-5-4-12(20-13)10-14(17)18-3/h4-5,15H,6-11H2,1-3H3. The number of esters is 1. The van der Waals surface area contributed by atoms with Crippen LogP contribution in [0.1, 0.15) is 9.75 Å². The van der Waals surface area contributed by atoms with Crippen LogP contribution in [0.4, 0.5) is 0 Å². The van der Waals surface area contributed by atoms with E-state index in [4.69, 9.17) is 4.74 Å². The Hall–Kier alpha value is -0.950. The van der Waals surface area contributed by atoms with Gasteiger partial charge in [0.15, 0.2) is 0 Å². The lowest BCUT2D eigenvalue weighted by Gasteiger charge is -2.09. The fourth-order valence-electron chi connectivity index (χ4n) is 1.53. The van der Waals surface area contributed by atoms with Crippen molar-refractivity contribution in [2.75, 3.05) is 47.5 Å². The molecule has 20 heavy (non-hydrogen) atoms. The van der Waals surface area contributed by atoms with Crippen molar-refractivity contribution >= 4 is 17.3 Å². The van der Waals surface area contributed by atoms with E-state index < -0.39 is 0 Å². The molecular formula is C14H24N2O3S. The van der Waals surface area contributed by atoms with Gasteiger partial charge < -0.3 is 19.7 Å². The molecule has 5 nitrogen and oxygen atoms in total. The molecule has 0 spiro atoms. The van der Waals surface area contributed by atoms with Gasteiger partial charge in [0, 0.05) is 29.4 Å². The monoisotopic (exact) mass is 300 g/mol. The van der Waals surface area contributed by atoms with E-state index in [2.05, 4.69) is 15.0 Å². The molecule has 0 saturated carbocycles. The molecule has 0 bridgehead atoms. The zero-order valence-electron chi connectivity index (χ0n) is 12.5. The van der Waals surface area contributed by atoms with Crippen LogP contribution in [-0.4, -0.2) is 58.4 Å². The molecule has 6 heteroatoms. The van der Waals surface area contributed by atoms with E-state index in [-0.39, 0.29) is 5.97 Å². The molecule has 1 rings (SSSR count). The largest absolute Gasteiger partial charge is 0.469 e. The van der Waals surface area contributed by atoms with E-state index in [9.17, 15) is 4.79 Å². The highest BCUT2D eigenvalue weighted by Crippen LogP contribution is 2.17. The van der Waals surface area contributed by atoms with Crippen LogP contribution in [0.3, 0.4) is 0 Å². The SMILES string of the molecule is COC(=O)Cc1ccc(CNCCOCCN(C)C)s1. The first kappa shape index (κ1) is 17.1. The van der Waals surface area contributed by atoms with Crippen molar-refractivity contribution in [2.24, 2.45) is 0 Å². The lowest BCUT2D eigenvalue weighted by Crippen LogP contribution is -2.22. The Morgan fingerprint density at radius 1 is 1.30 bits per heavy atom. The molecular weight excluding hydrogens is 276 g/mol. The topological polar surface area (TPSA) is 50.8 Å². The van der Waals surface area contributed by atoms with Crippen molar-refractivity contribution in [1.29, 1.82) is 0 Å². The first-order chi connectivity index (χ1) is 9.61. The van der Waals surface area contributed by atoms with Gasteiger partial charge in [-0.15, -0.1) is 11.3 Å². The summed E-state index contributed by atoms with van der Waals surface area (Å²) in [6.45, 7) is 4.06. The minimum Gasteiger partial charge on any atom is -0.469 e. The Morgan fingerprint density at radius 2 is 2.05 bits per heavy atom. The average Bonchev–Trinajstić information content (AvgIpc) is 2.84. The second kappa shape index (κ2) is 9.88. The summed E-state index contributed by atoms with van der Waals surface area (Å²) < 4.78 is 10.1. The van der Waals surface area contributed by atoms with E-state index in [0.717, 1.165) is 31.1 Å². The fraction of sp³-hybridized carbons (Fsp3) is 0.643. The van der Waals surface area contributed by atoms with Crippen LogP contribution in [0.2, 0.25) is 0 Å². The molecule has 1 heterocycles. The van der Waals surface area contributed by atoms with Gasteiger partial charge in [-0.3, -0.25) is 4.79 Å². The Kier molecular flexibility index (Phi) is 8.45. The highest BCUT2D eigenvalue weighted by Gasteiger charge is 2.05. The zero-order chi connectivity index (χ0) is 14.8. The molecule has 0 unspecified atom stereocenters. The molecule has 0 radical (unpaired) electrons. The summed E-state index contributed by atoms with van der Waals surface area (Å²) in [5.74, 6) is -0.194. The quantitative estimate of drug-likeness (QED) is 0.518. The summed E-state index contributed by atoms with van der Waals surface area (Å²) in [5.41, 5.74) is 0. The van der Waals surface area contributed by atoms with Gasteiger partial charge in [-0.25, -0.2) is 0 Å². The van der Waals surface area contributed by atoms with Crippen LogP contribution in [0.25, 0.3) is 0 Å². The summed E-state index contributed by atoms with van der Waals surface area (Å²) in [4.78, 5) is 15.5. The van der Waals surface area contributed by atoms with Gasteiger partial charge in [-0.1, -0.05) is 0 Å². The maximum atomic E-state index is 11.1. The summed E-state index contributed by atoms with van der Waals surface area (Å²) >= 11 is 1.64. The molecule has 1 aromatic heterocycles. The predicted molar refractivity (Wildman–Crippen MR) is 81.1 cm³/mol. The minimum absolute atomic E-state index is 0.194. The van der Waals surface area contributed by atoms with Crippen molar-refractivity contribution in [3.05, 3.63) is 21.9 Å². The first-order valence-corrected chi connectivity index (χ1v) is 7.51. The summed E-state index contributed by atoms with van der Waals surface area (Å²) in [7, 11) is 5.48. The Balaban J connectivity index is 2.09. The van der Waals surface area contributed by atoms with Crippen molar-refractivity contribution < 1.29 is 14.3 Å². The van der Waals surface area contributed by atoms with Crippen molar-refractivity contribution in [3.63, 3.8) is 0 Å². The smallest absolute Gasteiger partial charge is 0.310 e. The molecule has 0 aliphatic rings. The number of carbonyl (C=O) groups excluding carboxylic acids is 1. The van der Waals surface area contributed by atoms with Crippen molar-refractivity contribution in [1.82, 2.24) is 10.2 Å². The molecule has 0 aliphatic carbocycles. The maximum Gasteiger partial charge on any atom is 0.310 e. The maximum absolute atomic E-state index is 11.1. The van der Waals surface area contributed by atoms with Crippen LogP contribution in [0, 0.1) is 0 Å². The van der Waals surface area contributed by atoms with Gasteiger partial charge in [0.25, 0.3) is 0 Å². The predicted octanol–water partition coefficient (Wildman–Crippen LogP) is 1.13. The van der Waals surface area contributed by atoms with Crippen molar-refractivity contribution in [3.8, 4) is 0 Å². The minimum atomic E-state index is -0.194. The van der Waals surface area contributed by atoms with E-state index in [1.54, 1.807) is 11.3 Å².